The van der Waals surface area contributed by atoms with Gasteiger partial charge in [-0.25, -0.2) is 0 Å². The van der Waals surface area contributed by atoms with Crippen LogP contribution in [-0.2, 0) is 17.9 Å². The van der Waals surface area contributed by atoms with Gasteiger partial charge in [0.15, 0.2) is 0 Å². The number of fused-ring (bicyclic) bond motifs is 1. The van der Waals surface area contributed by atoms with Crippen molar-refractivity contribution in [1.29, 1.82) is 0 Å². The van der Waals surface area contributed by atoms with Gasteiger partial charge in [-0.3, -0.25) is 9.48 Å². The maximum absolute atomic E-state index is 12.0. The van der Waals surface area contributed by atoms with E-state index in [1.807, 2.05) is 58.0 Å². The SMILES string of the molecule is O=C(Cn1ccc2ccccc21)NCCCn1cccn1. The molecule has 0 bridgehead atoms. The second-order valence-electron chi connectivity index (χ2n) is 4.98. The van der Waals surface area contributed by atoms with E-state index in [9.17, 15) is 4.79 Å². The van der Waals surface area contributed by atoms with Crippen molar-refractivity contribution < 1.29 is 4.79 Å². The summed E-state index contributed by atoms with van der Waals surface area (Å²) in [5, 5.41) is 8.23. The van der Waals surface area contributed by atoms with E-state index in [1.54, 1.807) is 6.20 Å². The van der Waals surface area contributed by atoms with Crippen LogP contribution < -0.4 is 5.32 Å². The fourth-order valence-corrected chi connectivity index (χ4v) is 2.39. The molecule has 5 heteroatoms. The van der Waals surface area contributed by atoms with E-state index < -0.39 is 0 Å². The van der Waals surface area contributed by atoms with E-state index in [0.717, 1.165) is 23.9 Å². The first-order chi connectivity index (χ1) is 10.3. The molecule has 0 saturated carbocycles. The Bertz CT molecular complexity index is 715. The lowest BCUT2D eigenvalue weighted by Crippen LogP contribution is -2.28. The molecule has 0 aliphatic heterocycles. The number of para-hydroxylation sites is 1. The molecule has 0 saturated heterocycles. The van der Waals surface area contributed by atoms with Crippen molar-refractivity contribution in [2.24, 2.45) is 0 Å². The molecule has 3 aromatic rings. The van der Waals surface area contributed by atoms with Gasteiger partial charge in [-0.1, -0.05) is 18.2 Å². The molecular formula is C16H18N4O. The Morgan fingerprint density at radius 3 is 2.90 bits per heavy atom. The van der Waals surface area contributed by atoms with Gasteiger partial charge < -0.3 is 9.88 Å². The number of carbonyl (C=O) groups is 1. The summed E-state index contributed by atoms with van der Waals surface area (Å²) in [6.45, 7) is 1.84. The van der Waals surface area contributed by atoms with Gasteiger partial charge in [0.2, 0.25) is 5.91 Å². The highest BCUT2D eigenvalue weighted by atomic mass is 16.1. The average Bonchev–Trinajstić information content (AvgIpc) is 3.14. The van der Waals surface area contributed by atoms with Crippen LogP contribution in [0.15, 0.2) is 55.0 Å². The lowest BCUT2D eigenvalue weighted by atomic mass is 10.2. The van der Waals surface area contributed by atoms with Gasteiger partial charge in [0.25, 0.3) is 0 Å². The summed E-state index contributed by atoms with van der Waals surface area (Å²) < 4.78 is 3.84. The molecule has 1 amide bonds. The Morgan fingerprint density at radius 2 is 2.05 bits per heavy atom. The van der Waals surface area contributed by atoms with Gasteiger partial charge in [-0.15, -0.1) is 0 Å². The van der Waals surface area contributed by atoms with E-state index in [2.05, 4.69) is 10.4 Å². The molecule has 0 radical (unpaired) electrons. The van der Waals surface area contributed by atoms with Crippen LogP contribution in [0.5, 0.6) is 0 Å². The largest absolute Gasteiger partial charge is 0.354 e. The number of aromatic nitrogens is 3. The lowest BCUT2D eigenvalue weighted by molar-refractivity contribution is -0.121. The molecule has 0 aliphatic carbocycles. The normalized spacial score (nSPS) is 10.9. The van der Waals surface area contributed by atoms with E-state index in [1.165, 1.54) is 0 Å². The third-order valence-corrected chi connectivity index (χ3v) is 3.44. The molecule has 2 heterocycles. The van der Waals surface area contributed by atoms with Gasteiger partial charge in [0.05, 0.1) is 0 Å². The van der Waals surface area contributed by atoms with Gasteiger partial charge >= 0.3 is 0 Å². The molecule has 21 heavy (non-hydrogen) atoms. The maximum atomic E-state index is 12.0. The van der Waals surface area contributed by atoms with Crippen molar-refractivity contribution in [1.82, 2.24) is 19.7 Å². The fraction of sp³-hybridized carbons (Fsp3) is 0.250. The van der Waals surface area contributed by atoms with Gasteiger partial charge in [0, 0.05) is 37.2 Å². The zero-order valence-electron chi connectivity index (χ0n) is 11.8. The lowest BCUT2D eigenvalue weighted by Gasteiger charge is -2.07. The standard InChI is InChI=1S/C16H18N4O/c21-16(17-8-3-10-20-11-4-9-18-20)13-19-12-7-14-5-1-2-6-15(14)19/h1-2,4-7,9,11-12H,3,8,10,13H2,(H,17,21). The Balaban J connectivity index is 1.48. The molecule has 0 unspecified atom stereocenters. The van der Waals surface area contributed by atoms with Gasteiger partial charge in [0.1, 0.15) is 6.54 Å². The second-order valence-corrected chi connectivity index (χ2v) is 4.98. The predicted molar refractivity (Wildman–Crippen MR) is 81.8 cm³/mol. The smallest absolute Gasteiger partial charge is 0.239 e. The number of amides is 1. The van der Waals surface area contributed by atoms with Crippen molar-refractivity contribution in [2.75, 3.05) is 6.54 Å². The van der Waals surface area contributed by atoms with E-state index in [0.29, 0.717) is 13.1 Å². The zero-order chi connectivity index (χ0) is 14.5. The summed E-state index contributed by atoms with van der Waals surface area (Å²) in [7, 11) is 0. The van der Waals surface area contributed by atoms with Crippen LogP contribution in [-0.4, -0.2) is 26.8 Å². The maximum Gasteiger partial charge on any atom is 0.239 e. The van der Waals surface area contributed by atoms with Crippen molar-refractivity contribution in [2.45, 2.75) is 19.5 Å². The van der Waals surface area contributed by atoms with Crippen LogP contribution in [0.2, 0.25) is 0 Å². The molecule has 0 spiro atoms. The first-order valence-electron chi connectivity index (χ1n) is 7.11. The summed E-state index contributed by atoms with van der Waals surface area (Å²) >= 11 is 0. The molecule has 0 aliphatic rings. The number of aryl methyl sites for hydroxylation is 1. The molecule has 0 fully saturated rings. The summed E-state index contributed by atoms with van der Waals surface area (Å²) in [4.78, 5) is 12.0. The minimum atomic E-state index is 0.0387. The molecule has 1 N–H and O–H groups in total. The molecule has 5 nitrogen and oxygen atoms in total. The molecule has 0 atom stereocenters. The summed E-state index contributed by atoms with van der Waals surface area (Å²) in [6, 6.07) is 12.0. The molecular weight excluding hydrogens is 264 g/mol. The minimum Gasteiger partial charge on any atom is -0.354 e. The van der Waals surface area contributed by atoms with Crippen LogP contribution in [0.4, 0.5) is 0 Å². The quantitative estimate of drug-likeness (QED) is 0.703. The number of nitrogens with zero attached hydrogens (tertiary/aromatic N) is 3. The van der Waals surface area contributed by atoms with E-state index in [-0.39, 0.29) is 5.91 Å². The highest BCUT2D eigenvalue weighted by Gasteiger charge is 2.05. The number of rotatable bonds is 6. The third kappa shape index (κ3) is 3.31. The Morgan fingerprint density at radius 1 is 1.14 bits per heavy atom. The molecule has 2 aromatic heterocycles. The van der Waals surface area contributed by atoms with Crippen LogP contribution in [0.3, 0.4) is 0 Å². The molecule has 108 valence electrons. The molecule has 1 aromatic carbocycles. The number of nitrogens with one attached hydrogen (secondary N) is 1. The number of hydrogen-bond acceptors (Lipinski definition) is 2. The van der Waals surface area contributed by atoms with Crippen molar-refractivity contribution in [3.8, 4) is 0 Å². The number of carbonyl (C=O) groups excluding carboxylic acids is 1. The fourth-order valence-electron chi connectivity index (χ4n) is 2.39. The Kier molecular flexibility index (Phi) is 4.00. The van der Waals surface area contributed by atoms with Crippen molar-refractivity contribution in [3.05, 3.63) is 55.0 Å². The monoisotopic (exact) mass is 282 g/mol. The van der Waals surface area contributed by atoms with Crippen LogP contribution in [0.25, 0.3) is 10.9 Å². The van der Waals surface area contributed by atoms with Crippen LogP contribution >= 0.6 is 0 Å². The van der Waals surface area contributed by atoms with Crippen LogP contribution in [0.1, 0.15) is 6.42 Å². The third-order valence-electron chi connectivity index (χ3n) is 3.44. The number of benzene rings is 1. The second kappa shape index (κ2) is 6.26. The zero-order valence-corrected chi connectivity index (χ0v) is 11.8. The van der Waals surface area contributed by atoms with Crippen molar-refractivity contribution >= 4 is 16.8 Å². The molecule has 3 rings (SSSR count). The van der Waals surface area contributed by atoms with Crippen molar-refractivity contribution in [3.63, 3.8) is 0 Å². The Labute approximate surface area is 123 Å². The van der Waals surface area contributed by atoms with E-state index >= 15 is 0 Å². The van der Waals surface area contributed by atoms with Crippen LogP contribution in [0, 0.1) is 0 Å². The Hall–Kier alpha value is -2.56. The van der Waals surface area contributed by atoms with Gasteiger partial charge in [-0.05, 0) is 30.0 Å². The highest BCUT2D eigenvalue weighted by molar-refractivity contribution is 5.83. The summed E-state index contributed by atoms with van der Waals surface area (Å²) in [6.07, 6.45) is 6.51. The summed E-state index contributed by atoms with van der Waals surface area (Å²) in [5.41, 5.74) is 1.09. The average molecular weight is 282 g/mol. The number of hydrogen-bond donors (Lipinski definition) is 1. The first-order valence-corrected chi connectivity index (χ1v) is 7.11. The van der Waals surface area contributed by atoms with E-state index in [4.69, 9.17) is 0 Å². The summed E-state index contributed by atoms with van der Waals surface area (Å²) in [5.74, 6) is 0.0387. The minimum absolute atomic E-state index is 0.0387. The van der Waals surface area contributed by atoms with Gasteiger partial charge in [-0.2, -0.15) is 5.10 Å². The highest BCUT2D eigenvalue weighted by Crippen LogP contribution is 2.14. The first kappa shape index (κ1) is 13.4. The topological polar surface area (TPSA) is 51.9 Å². The predicted octanol–water partition coefficient (Wildman–Crippen LogP) is 2.04.